The molecule has 0 spiro atoms. The van der Waals surface area contributed by atoms with Crippen molar-refractivity contribution >= 4 is 69.4 Å². The molecular formula is C25H32N11O7S2+. The van der Waals surface area contributed by atoms with Crippen molar-refractivity contribution in [3.05, 3.63) is 41.8 Å². The largest absolute Gasteiger partial charge is 0.478 e. The molecule has 1 unspecified atom stereocenters. The number of carboxylic acid groups (broad SMARTS) is 2. The summed E-state index contributed by atoms with van der Waals surface area (Å²) in [6.45, 7) is 3.94. The molecule has 4 heterocycles. The average Bonchev–Trinajstić information content (AvgIpc) is 3.42. The number of nitrogens with one attached hydrogen (secondary N) is 2. The fraction of sp³-hybridized carbons (Fsp3) is 0.400. The van der Waals surface area contributed by atoms with Gasteiger partial charge in [0.05, 0.1) is 0 Å². The zero-order chi connectivity index (χ0) is 32.9. The summed E-state index contributed by atoms with van der Waals surface area (Å²) in [5, 5.41) is 27.9. The van der Waals surface area contributed by atoms with Gasteiger partial charge in [0.15, 0.2) is 5.13 Å². The van der Waals surface area contributed by atoms with Crippen molar-refractivity contribution < 1.29 is 38.8 Å². The van der Waals surface area contributed by atoms with Gasteiger partial charge in [0.2, 0.25) is 17.1 Å². The molecule has 1 saturated heterocycles. The highest BCUT2D eigenvalue weighted by Crippen LogP contribution is 2.40. The molecule has 2 amide bonds. The quantitative estimate of drug-likeness (QED) is 0.0408. The van der Waals surface area contributed by atoms with Crippen LogP contribution < -0.4 is 32.4 Å². The second kappa shape index (κ2) is 13.9. The second-order valence-electron chi connectivity index (χ2n) is 10.2. The molecule has 0 bridgehead atoms. The van der Waals surface area contributed by atoms with Gasteiger partial charge < -0.3 is 42.9 Å². The molecule has 20 heteroatoms. The van der Waals surface area contributed by atoms with E-state index in [0.717, 1.165) is 22.9 Å². The van der Waals surface area contributed by atoms with Gasteiger partial charge in [0.1, 0.15) is 35.5 Å². The Morgan fingerprint density at radius 2 is 2.07 bits per heavy atom. The highest BCUT2D eigenvalue weighted by molar-refractivity contribution is 8.00. The number of carbonyl (C=O) groups is 4. The molecule has 4 rings (SSSR count). The summed E-state index contributed by atoms with van der Waals surface area (Å²) in [4.78, 5) is 64.3. The van der Waals surface area contributed by atoms with Crippen molar-refractivity contribution in [3.8, 4) is 0 Å². The maximum atomic E-state index is 13.2. The van der Waals surface area contributed by atoms with Gasteiger partial charge in [0, 0.05) is 23.8 Å². The van der Waals surface area contributed by atoms with Crippen molar-refractivity contribution in [3.63, 3.8) is 0 Å². The Morgan fingerprint density at radius 1 is 1.31 bits per heavy atom. The highest BCUT2D eigenvalue weighted by atomic mass is 32.2. The van der Waals surface area contributed by atoms with Crippen molar-refractivity contribution in [2.45, 2.75) is 43.8 Å². The highest BCUT2D eigenvalue weighted by Gasteiger charge is 2.54. The molecule has 2 atom stereocenters. The van der Waals surface area contributed by atoms with Crippen LogP contribution in [0.3, 0.4) is 0 Å². The van der Waals surface area contributed by atoms with E-state index in [9.17, 15) is 29.4 Å². The molecule has 0 aromatic carbocycles. The Kier molecular flexibility index (Phi) is 10.2. The molecule has 0 aliphatic carbocycles. The maximum Gasteiger partial charge on any atom is 0.352 e. The van der Waals surface area contributed by atoms with Gasteiger partial charge in [-0.3, -0.25) is 14.5 Å². The predicted octanol–water partition coefficient (Wildman–Crippen LogP) is -1.28. The van der Waals surface area contributed by atoms with Crippen LogP contribution in [0.2, 0.25) is 0 Å². The molecule has 0 saturated carbocycles. The van der Waals surface area contributed by atoms with Crippen molar-refractivity contribution in [2.24, 2.45) is 10.9 Å². The van der Waals surface area contributed by atoms with Crippen LogP contribution in [-0.4, -0.2) is 94.8 Å². The fourth-order valence-electron chi connectivity index (χ4n) is 4.04. The van der Waals surface area contributed by atoms with Gasteiger partial charge in [-0.25, -0.2) is 14.2 Å². The number of oxime groups is 1. The number of aromatic nitrogens is 4. The number of nitrogens with zero attached hydrogens (tertiary/aromatic N) is 6. The van der Waals surface area contributed by atoms with Crippen molar-refractivity contribution in [2.75, 3.05) is 35.6 Å². The van der Waals surface area contributed by atoms with Gasteiger partial charge in [-0.2, -0.15) is 9.36 Å². The number of nitrogen functional groups attached to an aromatic ring is 2. The van der Waals surface area contributed by atoms with Crippen LogP contribution in [0.25, 0.3) is 0 Å². The zero-order valence-corrected chi connectivity index (χ0v) is 25.8. The van der Waals surface area contributed by atoms with Crippen LogP contribution in [0.15, 0.2) is 41.1 Å². The number of anilines is 3. The molecule has 0 radical (unpaired) electrons. The molecule has 1 fully saturated rings. The van der Waals surface area contributed by atoms with E-state index >= 15 is 0 Å². The van der Waals surface area contributed by atoms with E-state index in [2.05, 4.69) is 30.1 Å². The lowest BCUT2D eigenvalue weighted by molar-refractivity contribution is -0.689. The van der Waals surface area contributed by atoms with Crippen molar-refractivity contribution in [1.29, 1.82) is 0 Å². The van der Waals surface area contributed by atoms with Crippen LogP contribution in [0.4, 0.5) is 16.6 Å². The molecule has 45 heavy (non-hydrogen) atoms. The number of amides is 2. The number of nitrogens with two attached hydrogens (primary N) is 3. The number of aliphatic carboxylic acids is 2. The Hall–Kier alpha value is -4.82. The van der Waals surface area contributed by atoms with Gasteiger partial charge >= 0.3 is 11.9 Å². The first-order valence-corrected chi connectivity index (χ1v) is 15.2. The summed E-state index contributed by atoms with van der Waals surface area (Å²) in [7, 11) is 0. The van der Waals surface area contributed by atoms with E-state index in [0.29, 0.717) is 36.7 Å². The molecule has 18 nitrogen and oxygen atoms in total. The monoisotopic (exact) mass is 662 g/mol. The average molecular weight is 663 g/mol. The van der Waals surface area contributed by atoms with E-state index in [1.807, 2.05) is 0 Å². The number of β-lactam (4-membered cyclic amide) rings is 1. The van der Waals surface area contributed by atoms with Crippen LogP contribution >= 0.6 is 23.3 Å². The summed E-state index contributed by atoms with van der Waals surface area (Å²) in [5.41, 5.74) is 15.6. The number of rotatable bonds is 14. The third kappa shape index (κ3) is 7.46. The van der Waals surface area contributed by atoms with E-state index in [4.69, 9.17) is 22.0 Å². The Morgan fingerprint density at radius 3 is 2.71 bits per heavy atom. The molecule has 2 aromatic rings. The Labute approximate surface area is 264 Å². The van der Waals surface area contributed by atoms with Gasteiger partial charge in [-0.15, -0.1) is 11.8 Å². The molecular weight excluding hydrogens is 630 g/mol. The Bertz CT molecular complexity index is 1590. The van der Waals surface area contributed by atoms with E-state index in [1.54, 1.807) is 29.2 Å². The standard InChI is InChI=1S/C25H31N11O7S2/c1-25(2,23(41)42)43-33-14(18-32-24(28)45-34-18)19(37)31-15-20(38)36-16(22(39)40)12(10-44-21(15)36)5-3-8-35-9-13(17(27)30-11-35)29-7-4-6-26/h3,5,9,11,15,21,27,29H,4,6-8,10,26H2,1-2H3,(H5,28,31,32,34,37,39,40,41,42)/p+1/b5-3+,33-14-/t15-,21?/m1/s1. The summed E-state index contributed by atoms with van der Waals surface area (Å²) >= 11 is 2.02. The second-order valence-corrected chi connectivity index (χ2v) is 12.1. The third-order valence-corrected chi connectivity index (χ3v) is 8.33. The minimum atomic E-state index is -1.80. The topological polar surface area (TPSA) is 278 Å². The molecule has 2 aromatic heterocycles. The van der Waals surface area contributed by atoms with Crippen LogP contribution in [0.5, 0.6) is 0 Å². The van der Waals surface area contributed by atoms with E-state index < -0.39 is 46.5 Å². The van der Waals surface area contributed by atoms with Gasteiger partial charge in [-0.1, -0.05) is 11.2 Å². The third-order valence-electron chi connectivity index (χ3n) is 6.48. The number of hydrogen-bond donors (Lipinski definition) is 7. The number of fused-ring (bicyclic) bond motifs is 1. The summed E-state index contributed by atoms with van der Waals surface area (Å²) in [6.07, 6.45) is 7.43. The number of thioether (sulfide) groups is 1. The lowest BCUT2D eigenvalue weighted by atomic mass is 10.0. The van der Waals surface area contributed by atoms with Crippen LogP contribution in [0.1, 0.15) is 26.1 Å². The summed E-state index contributed by atoms with van der Waals surface area (Å²) in [5.74, 6) is -3.92. The predicted molar refractivity (Wildman–Crippen MR) is 163 cm³/mol. The minimum absolute atomic E-state index is 0.0132. The fourth-order valence-corrected chi connectivity index (χ4v) is 5.80. The smallest absolute Gasteiger partial charge is 0.352 e. The van der Waals surface area contributed by atoms with Gasteiger partial charge in [-0.05, 0) is 43.4 Å². The number of carboxylic acids is 2. The SMILES string of the molecule is CC(C)(O/N=C(\C(=O)N[C@@H]1C(=O)N2C(C(=O)O)=C(/C=C/C[n+]3cnc(N)c(NCCCN)c3)CSC12)c1nsc(N)n1)C(=O)O. The number of hydrogen-bond acceptors (Lipinski definition) is 15. The van der Waals surface area contributed by atoms with Crippen molar-refractivity contribution in [1.82, 2.24) is 24.6 Å². The lowest BCUT2D eigenvalue weighted by Gasteiger charge is -2.49. The maximum absolute atomic E-state index is 13.2. The first-order chi connectivity index (χ1) is 21.3. The zero-order valence-electron chi connectivity index (χ0n) is 24.2. The first-order valence-electron chi connectivity index (χ1n) is 13.4. The first kappa shape index (κ1) is 33.1. The van der Waals surface area contributed by atoms with Crippen LogP contribution in [-0.2, 0) is 30.6 Å². The number of carbonyl (C=O) groups excluding carboxylic acids is 2. The summed E-state index contributed by atoms with van der Waals surface area (Å²) < 4.78 is 5.68. The normalized spacial score (nSPS) is 18.4. The summed E-state index contributed by atoms with van der Waals surface area (Å²) in [6, 6.07) is -1.11. The molecule has 240 valence electrons. The van der Waals surface area contributed by atoms with E-state index in [1.165, 1.54) is 25.6 Å². The number of allylic oxidation sites excluding steroid dienone is 2. The lowest BCUT2D eigenvalue weighted by Crippen LogP contribution is -2.71. The Balaban J connectivity index is 1.48. The molecule has 2 aliphatic rings. The minimum Gasteiger partial charge on any atom is -0.478 e. The molecule has 10 N–H and O–H groups in total. The van der Waals surface area contributed by atoms with Crippen LogP contribution in [0, 0.1) is 0 Å². The van der Waals surface area contributed by atoms with E-state index in [-0.39, 0.29) is 22.4 Å². The molecule has 2 aliphatic heterocycles. The van der Waals surface area contributed by atoms with Gasteiger partial charge in [0.25, 0.3) is 24.0 Å².